The van der Waals surface area contributed by atoms with Crippen LogP contribution in [-0.2, 0) is 16.0 Å². The first-order chi connectivity index (χ1) is 9.47. The molecule has 0 radical (unpaired) electrons. The van der Waals surface area contributed by atoms with E-state index >= 15 is 0 Å². The zero-order chi connectivity index (χ0) is 14.7. The lowest BCUT2D eigenvalue weighted by atomic mass is 9.87. The number of nitrogens with two attached hydrogens (primary N) is 1. The largest absolute Gasteiger partial charge is 0.399 e. The summed E-state index contributed by atoms with van der Waals surface area (Å²) in [5, 5.41) is 3.01. The summed E-state index contributed by atoms with van der Waals surface area (Å²) in [7, 11) is 1.62. The Bertz CT molecular complexity index is 528. The molecule has 3 N–H and O–H groups in total. The highest BCUT2D eigenvalue weighted by atomic mass is 16.2. The Morgan fingerprint density at radius 3 is 2.90 bits per heavy atom. The Balaban J connectivity index is 2.05. The molecule has 2 rings (SSSR count). The van der Waals surface area contributed by atoms with Crippen LogP contribution in [0.3, 0.4) is 0 Å². The van der Waals surface area contributed by atoms with Gasteiger partial charge in [-0.15, -0.1) is 0 Å². The number of hydrogen-bond acceptors (Lipinski definition) is 3. The first-order valence-electron chi connectivity index (χ1n) is 6.86. The van der Waals surface area contributed by atoms with Crippen LogP contribution < -0.4 is 11.1 Å². The van der Waals surface area contributed by atoms with Crippen molar-refractivity contribution in [3.8, 4) is 0 Å². The van der Waals surface area contributed by atoms with E-state index in [-0.39, 0.29) is 24.4 Å². The van der Waals surface area contributed by atoms with Crippen molar-refractivity contribution in [3.05, 3.63) is 29.3 Å². The highest BCUT2D eigenvalue weighted by Gasteiger charge is 2.22. The molecule has 20 heavy (non-hydrogen) atoms. The topological polar surface area (TPSA) is 75.4 Å². The number of likely N-dealkylation sites (N-methyl/N-ethyl adjacent to an activating group) is 1. The molecule has 1 aromatic carbocycles. The third kappa shape index (κ3) is 3.29. The first kappa shape index (κ1) is 14.4. The van der Waals surface area contributed by atoms with Gasteiger partial charge in [-0.25, -0.2) is 0 Å². The van der Waals surface area contributed by atoms with E-state index in [1.54, 1.807) is 7.05 Å². The smallest absolute Gasteiger partial charge is 0.240 e. The van der Waals surface area contributed by atoms with E-state index in [0.29, 0.717) is 0 Å². The fraction of sp³-hybridized carbons (Fsp3) is 0.467. The van der Waals surface area contributed by atoms with Gasteiger partial charge in [-0.3, -0.25) is 9.59 Å². The summed E-state index contributed by atoms with van der Waals surface area (Å²) in [5.74, 6) is -0.241. The second-order valence-electron chi connectivity index (χ2n) is 5.35. The summed E-state index contributed by atoms with van der Waals surface area (Å²) in [6.07, 6.45) is 2.95. The Kier molecular flexibility index (Phi) is 4.27. The number of benzene rings is 1. The van der Waals surface area contributed by atoms with Crippen molar-refractivity contribution in [2.75, 3.05) is 19.3 Å². The van der Waals surface area contributed by atoms with E-state index in [1.807, 2.05) is 18.2 Å². The minimum absolute atomic E-state index is 0.0206. The van der Waals surface area contributed by atoms with Crippen molar-refractivity contribution >= 4 is 17.5 Å². The quantitative estimate of drug-likeness (QED) is 0.815. The van der Waals surface area contributed by atoms with Crippen LogP contribution >= 0.6 is 0 Å². The van der Waals surface area contributed by atoms with Crippen LogP contribution in [0.5, 0.6) is 0 Å². The number of carbonyl (C=O) groups excluding carboxylic acids is 2. The minimum atomic E-state index is -0.127. The molecule has 2 amide bonds. The second-order valence-corrected chi connectivity index (χ2v) is 5.35. The zero-order valence-corrected chi connectivity index (χ0v) is 12.0. The number of nitrogen functional groups attached to an aromatic ring is 1. The van der Waals surface area contributed by atoms with Gasteiger partial charge in [0.25, 0.3) is 0 Å². The van der Waals surface area contributed by atoms with E-state index in [2.05, 4.69) is 5.32 Å². The third-order valence-electron chi connectivity index (χ3n) is 3.73. The summed E-state index contributed by atoms with van der Waals surface area (Å²) in [6, 6.07) is 5.86. The van der Waals surface area contributed by atoms with Crippen molar-refractivity contribution in [1.82, 2.24) is 10.2 Å². The van der Waals surface area contributed by atoms with Crippen molar-refractivity contribution in [2.45, 2.75) is 32.2 Å². The SMILES string of the molecule is CC(=O)N(C)CC(=O)NC1CCCc2cc(N)ccc21. The summed E-state index contributed by atoms with van der Waals surface area (Å²) in [6.45, 7) is 1.54. The van der Waals surface area contributed by atoms with Crippen molar-refractivity contribution in [2.24, 2.45) is 0 Å². The lowest BCUT2D eigenvalue weighted by Gasteiger charge is -2.27. The van der Waals surface area contributed by atoms with Crippen LogP contribution in [0.25, 0.3) is 0 Å². The molecule has 0 spiro atoms. The average molecular weight is 275 g/mol. The number of aryl methyl sites for hydroxylation is 1. The van der Waals surface area contributed by atoms with Gasteiger partial charge in [-0.05, 0) is 42.5 Å². The van der Waals surface area contributed by atoms with Gasteiger partial charge in [0, 0.05) is 19.7 Å². The molecule has 1 unspecified atom stereocenters. The Morgan fingerprint density at radius 2 is 2.20 bits per heavy atom. The lowest BCUT2D eigenvalue weighted by Crippen LogP contribution is -2.39. The molecule has 108 valence electrons. The van der Waals surface area contributed by atoms with E-state index in [1.165, 1.54) is 17.4 Å². The number of hydrogen-bond donors (Lipinski definition) is 2. The number of nitrogens with one attached hydrogen (secondary N) is 1. The van der Waals surface area contributed by atoms with Gasteiger partial charge >= 0.3 is 0 Å². The van der Waals surface area contributed by atoms with Crippen LogP contribution in [0.15, 0.2) is 18.2 Å². The summed E-state index contributed by atoms with van der Waals surface area (Å²) in [4.78, 5) is 24.5. The average Bonchev–Trinajstić information content (AvgIpc) is 2.38. The zero-order valence-electron chi connectivity index (χ0n) is 12.0. The molecule has 0 bridgehead atoms. The summed E-state index contributed by atoms with van der Waals surface area (Å²) < 4.78 is 0. The van der Waals surface area contributed by atoms with Crippen LogP contribution in [0.4, 0.5) is 5.69 Å². The van der Waals surface area contributed by atoms with Gasteiger partial charge < -0.3 is 16.0 Å². The maximum Gasteiger partial charge on any atom is 0.240 e. The molecule has 1 atom stereocenters. The molecule has 0 aliphatic heterocycles. The monoisotopic (exact) mass is 275 g/mol. The molecule has 1 aliphatic carbocycles. The molecular formula is C15H21N3O2. The molecule has 0 heterocycles. The lowest BCUT2D eigenvalue weighted by molar-refractivity contribution is -0.133. The van der Waals surface area contributed by atoms with Crippen LogP contribution in [0.1, 0.15) is 36.9 Å². The first-order valence-corrected chi connectivity index (χ1v) is 6.86. The Morgan fingerprint density at radius 1 is 1.45 bits per heavy atom. The molecule has 1 aliphatic rings. The number of nitrogens with zero attached hydrogens (tertiary/aromatic N) is 1. The van der Waals surface area contributed by atoms with Gasteiger partial charge in [0.15, 0.2) is 0 Å². The van der Waals surface area contributed by atoms with Gasteiger partial charge in [-0.2, -0.15) is 0 Å². The second kappa shape index (κ2) is 5.94. The molecule has 0 aromatic heterocycles. The van der Waals surface area contributed by atoms with E-state index in [9.17, 15) is 9.59 Å². The molecule has 5 nitrogen and oxygen atoms in total. The molecule has 0 saturated heterocycles. The maximum atomic E-state index is 12.0. The number of anilines is 1. The van der Waals surface area contributed by atoms with E-state index in [4.69, 9.17) is 5.73 Å². The fourth-order valence-corrected chi connectivity index (χ4v) is 2.55. The van der Waals surface area contributed by atoms with Gasteiger partial charge in [0.2, 0.25) is 11.8 Å². The normalized spacial score (nSPS) is 17.2. The van der Waals surface area contributed by atoms with E-state index < -0.39 is 0 Å². The van der Waals surface area contributed by atoms with E-state index in [0.717, 1.165) is 30.5 Å². The van der Waals surface area contributed by atoms with Crippen molar-refractivity contribution in [1.29, 1.82) is 0 Å². The van der Waals surface area contributed by atoms with Gasteiger partial charge in [-0.1, -0.05) is 6.07 Å². The van der Waals surface area contributed by atoms with Crippen LogP contribution in [-0.4, -0.2) is 30.3 Å². The molecule has 5 heteroatoms. The van der Waals surface area contributed by atoms with Crippen LogP contribution in [0.2, 0.25) is 0 Å². The Hall–Kier alpha value is -2.04. The number of rotatable bonds is 3. The standard InChI is InChI=1S/C15H21N3O2/c1-10(19)18(2)9-15(20)17-14-5-3-4-11-8-12(16)6-7-13(11)14/h6-8,14H,3-5,9,16H2,1-2H3,(H,17,20). The molecule has 0 fully saturated rings. The summed E-state index contributed by atoms with van der Waals surface area (Å²) in [5.41, 5.74) is 8.91. The molecule has 0 saturated carbocycles. The Labute approximate surface area is 119 Å². The third-order valence-corrected chi connectivity index (χ3v) is 3.73. The highest BCUT2D eigenvalue weighted by Crippen LogP contribution is 2.30. The maximum absolute atomic E-state index is 12.0. The predicted octanol–water partition coefficient (Wildman–Crippen LogP) is 1.24. The number of amides is 2. The summed E-state index contributed by atoms with van der Waals surface area (Å²) >= 11 is 0. The van der Waals surface area contributed by atoms with Gasteiger partial charge in [0.1, 0.15) is 0 Å². The fourth-order valence-electron chi connectivity index (χ4n) is 2.55. The van der Waals surface area contributed by atoms with Crippen molar-refractivity contribution in [3.63, 3.8) is 0 Å². The van der Waals surface area contributed by atoms with Crippen LogP contribution in [0, 0.1) is 0 Å². The molecule has 1 aromatic rings. The number of carbonyl (C=O) groups is 2. The minimum Gasteiger partial charge on any atom is -0.399 e. The number of fused-ring (bicyclic) bond motifs is 1. The predicted molar refractivity (Wildman–Crippen MR) is 78.0 cm³/mol. The van der Waals surface area contributed by atoms with Gasteiger partial charge in [0.05, 0.1) is 12.6 Å². The highest BCUT2D eigenvalue weighted by molar-refractivity contribution is 5.83. The van der Waals surface area contributed by atoms with Crippen molar-refractivity contribution < 1.29 is 9.59 Å². The molecular weight excluding hydrogens is 254 g/mol.